The fourth-order valence-electron chi connectivity index (χ4n) is 4.17. The topological polar surface area (TPSA) is 41.9 Å². The highest BCUT2D eigenvalue weighted by atomic mass is 35.5. The lowest BCUT2D eigenvalue weighted by Crippen LogP contribution is -2.46. The van der Waals surface area contributed by atoms with Crippen molar-refractivity contribution in [2.24, 2.45) is 0 Å². The van der Waals surface area contributed by atoms with Crippen molar-refractivity contribution < 1.29 is 14.6 Å². The Balaban J connectivity index is 1.36. The van der Waals surface area contributed by atoms with Gasteiger partial charge in [-0.05, 0) is 55.0 Å². The molecule has 2 aliphatic heterocycles. The monoisotopic (exact) mass is 387 g/mol. The summed E-state index contributed by atoms with van der Waals surface area (Å²) < 4.78 is 11.7. The molecule has 0 bridgehead atoms. The highest BCUT2D eigenvalue weighted by Gasteiger charge is 2.35. The van der Waals surface area contributed by atoms with E-state index < -0.39 is 5.60 Å². The third-order valence-corrected chi connectivity index (χ3v) is 6.08. The van der Waals surface area contributed by atoms with E-state index in [1.165, 1.54) is 5.56 Å². The molecule has 1 fully saturated rings. The summed E-state index contributed by atoms with van der Waals surface area (Å²) in [5.74, 6) is 1.71. The minimum absolute atomic E-state index is 0.163. The molecule has 0 aromatic heterocycles. The zero-order valence-corrected chi connectivity index (χ0v) is 16.4. The lowest BCUT2D eigenvalue weighted by molar-refractivity contribution is -0.0337. The first-order chi connectivity index (χ1) is 13.1. The molecule has 2 aromatic carbocycles. The van der Waals surface area contributed by atoms with Crippen LogP contribution in [0.1, 0.15) is 30.4 Å². The van der Waals surface area contributed by atoms with Crippen LogP contribution in [0.25, 0.3) is 0 Å². The number of hydrogen-bond donors (Lipinski definition) is 1. The van der Waals surface area contributed by atoms with Gasteiger partial charge in [0.2, 0.25) is 0 Å². The van der Waals surface area contributed by atoms with E-state index in [0.717, 1.165) is 62.4 Å². The van der Waals surface area contributed by atoms with Gasteiger partial charge in [-0.1, -0.05) is 35.9 Å². The van der Waals surface area contributed by atoms with Crippen molar-refractivity contribution in [3.63, 3.8) is 0 Å². The van der Waals surface area contributed by atoms with E-state index in [0.29, 0.717) is 5.02 Å². The summed E-state index contributed by atoms with van der Waals surface area (Å²) in [6, 6.07) is 13.7. The van der Waals surface area contributed by atoms with Crippen molar-refractivity contribution in [2.45, 2.75) is 37.4 Å². The molecule has 1 atom stereocenters. The van der Waals surface area contributed by atoms with Crippen LogP contribution in [-0.4, -0.2) is 42.9 Å². The molecule has 27 heavy (non-hydrogen) atoms. The molecule has 0 amide bonds. The maximum atomic E-state index is 11.0. The van der Waals surface area contributed by atoms with E-state index in [-0.39, 0.29) is 6.10 Å². The van der Waals surface area contributed by atoms with Crippen LogP contribution in [0, 0.1) is 0 Å². The predicted octanol–water partition coefficient (Wildman–Crippen LogP) is 4.03. The third kappa shape index (κ3) is 3.93. The molecular formula is C22H26ClNO3. The van der Waals surface area contributed by atoms with Crippen molar-refractivity contribution in [2.75, 3.05) is 26.7 Å². The molecule has 4 rings (SSSR count). The molecule has 1 saturated heterocycles. The van der Waals surface area contributed by atoms with Crippen LogP contribution in [-0.2, 0) is 12.0 Å². The Morgan fingerprint density at radius 1 is 1.19 bits per heavy atom. The lowest BCUT2D eigenvalue weighted by Gasteiger charge is -2.40. The fourth-order valence-corrected chi connectivity index (χ4v) is 4.29. The molecule has 0 spiro atoms. The van der Waals surface area contributed by atoms with Crippen molar-refractivity contribution in [1.82, 2.24) is 4.90 Å². The van der Waals surface area contributed by atoms with Gasteiger partial charge in [-0.2, -0.15) is 0 Å². The molecule has 2 aromatic rings. The lowest BCUT2D eigenvalue weighted by atomic mass is 9.84. The number of piperidine rings is 1. The molecule has 144 valence electrons. The minimum atomic E-state index is -0.760. The number of halogens is 1. The van der Waals surface area contributed by atoms with Gasteiger partial charge in [0.15, 0.2) is 11.5 Å². The molecular weight excluding hydrogens is 362 g/mol. The standard InChI is InChI=1S/C22H26ClNO3/c1-26-20-4-2-3-16-5-10-19(27-21(16)20)15-24-13-11-22(25,12-14-24)17-6-8-18(23)9-7-17/h2-4,6-9,19,25H,5,10-15H2,1H3. The second-order valence-corrected chi connectivity index (χ2v) is 8.00. The first kappa shape index (κ1) is 18.6. The first-order valence-corrected chi connectivity index (χ1v) is 9.98. The second-order valence-electron chi connectivity index (χ2n) is 7.57. The fraction of sp³-hybridized carbons (Fsp3) is 0.455. The van der Waals surface area contributed by atoms with Crippen LogP contribution in [0.3, 0.4) is 0 Å². The highest BCUT2D eigenvalue weighted by molar-refractivity contribution is 6.30. The van der Waals surface area contributed by atoms with Gasteiger partial charge in [0, 0.05) is 24.7 Å². The minimum Gasteiger partial charge on any atom is -0.493 e. The van der Waals surface area contributed by atoms with Gasteiger partial charge in [0.1, 0.15) is 6.10 Å². The number of ether oxygens (including phenoxy) is 2. The Morgan fingerprint density at radius 3 is 2.63 bits per heavy atom. The molecule has 1 unspecified atom stereocenters. The summed E-state index contributed by atoms with van der Waals surface area (Å²) in [5, 5.41) is 11.7. The van der Waals surface area contributed by atoms with E-state index in [1.54, 1.807) is 7.11 Å². The van der Waals surface area contributed by atoms with Gasteiger partial charge in [-0.3, -0.25) is 4.90 Å². The maximum Gasteiger partial charge on any atom is 0.164 e. The van der Waals surface area contributed by atoms with Gasteiger partial charge < -0.3 is 14.6 Å². The number of methoxy groups -OCH3 is 1. The summed E-state index contributed by atoms with van der Waals surface area (Å²) in [5.41, 5.74) is 1.42. The SMILES string of the molecule is COc1cccc2c1OC(CN1CCC(O)(c3ccc(Cl)cc3)CC1)CC2. The number of benzene rings is 2. The summed E-state index contributed by atoms with van der Waals surface area (Å²) in [4.78, 5) is 2.40. The normalized spacial score (nSPS) is 22.0. The predicted molar refractivity (Wildman–Crippen MR) is 107 cm³/mol. The van der Waals surface area contributed by atoms with E-state index >= 15 is 0 Å². The van der Waals surface area contributed by atoms with Gasteiger partial charge in [-0.15, -0.1) is 0 Å². The molecule has 2 aliphatic rings. The number of nitrogens with zero attached hydrogens (tertiary/aromatic N) is 1. The van der Waals surface area contributed by atoms with Gasteiger partial charge in [-0.25, -0.2) is 0 Å². The summed E-state index contributed by atoms with van der Waals surface area (Å²) in [6.07, 6.45) is 3.64. The zero-order chi connectivity index (χ0) is 18.9. The molecule has 0 aliphatic carbocycles. The Hall–Kier alpha value is -1.75. The van der Waals surface area contributed by atoms with E-state index in [9.17, 15) is 5.11 Å². The zero-order valence-electron chi connectivity index (χ0n) is 15.7. The van der Waals surface area contributed by atoms with E-state index in [2.05, 4.69) is 11.0 Å². The average molecular weight is 388 g/mol. The third-order valence-electron chi connectivity index (χ3n) is 5.83. The molecule has 4 nitrogen and oxygen atoms in total. The van der Waals surface area contributed by atoms with Crippen LogP contribution >= 0.6 is 11.6 Å². The number of fused-ring (bicyclic) bond motifs is 1. The Kier molecular flexibility index (Phi) is 5.31. The van der Waals surface area contributed by atoms with E-state index in [1.807, 2.05) is 36.4 Å². The Morgan fingerprint density at radius 2 is 1.93 bits per heavy atom. The van der Waals surface area contributed by atoms with Crippen molar-refractivity contribution >= 4 is 11.6 Å². The van der Waals surface area contributed by atoms with Crippen LogP contribution < -0.4 is 9.47 Å². The number of likely N-dealkylation sites (tertiary alicyclic amines) is 1. The molecule has 1 N–H and O–H groups in total. The quantitative estimate of drug-likeness (QED) is 0.860. The second kappa shape index (κ2) is 7.70. The first-order valence-electron chi connectivity index (χ1n) is 9.61. The largest absolute Gasteiger partial charge is 0.493 e. The van der Waals surface area contributed by atoms with Crippen LogP contribution in [0.4, 0.5) is 0 Å². The maximum absolute atomic E-state index is 11.0. The molecule has 5 heteroatoms. The number of hydrogen-bond acceptors (Lipinski definition) is 4. The summed E-state index contributed by atoms with van der Waals surface area (Å²) >= 11 is 5.97. The van der Waals surface area contributed by atoms with Crippen molar-refractivity contribution in [3.05, 3.63) is 58.6 Å². The summed E-state index contributed by atoms with van der Waals surface area (Å²) in [7, 11) is 1.69. The Labute approximate surface area is 165 Å². The summed E-state index contributed by atoms with van der Waals surface area (Å²) in [6.45, 7) is 2.60. The smallest absolute Gasteiger partial charge is 0.164 e. The highest BCUT2D eigenvalue weighted by Crippen LogP contribution is 2.37. The van der Waals surface area contributed by atoms with Gasteiger partial charge in [0.05, 0.1) is 12.7 Å². The van der Waals surface area contributed by atoms with Crippen LogP contribution in [0.5, 0.6) is 11.5 Å². The van der Waals surface area contributed by atoms with Gasteiger partial charge >= 0.3 is 0 Å². The number of aryl methyl sites for hydroxylation is 1. The average Bonchev–Trinajstić information content (AvgIpc) is 2.70. The molecule has 0 radical (unpaired) electrons. The number of rotatable bonds is 4. The number of aliphatic hydroxyl groups is 1. The van der Waals surface area contributed by atoms with E-state index in [4.69, 9.17) is 21.1 Å². The van der Waals surface area contributed by atoms with Gasteiger partial charge in [0.25, 0.3) is 0 Å². The van der Waals surface area contributed by atoms with Crippen LogP contribution in [0.2, 0.25) is 5.02 Å². The molecule has 0 saturated carbocycles. The van der Waals surface area contributed by atoms with Crippen molar-refractivity contribution in [1.29, 1.82) is 0 Å². The van der Waals surface area contributed by atoms with Crippen molar-refractivity contribution in [3.8, 4) is 11.5 Å². The Bertz CT molecular complexity index is 770. The number of para-hydroxylation sites is 1. The molecule has 2 heterocycles. The van der Waals surface area contributed by atoms with Crippen LogP contribution in [0.15, 0.2) is 42.5 Å².